The number of allylic oxidation sites excluding steroid dienone is 1. The molecule has 0 bridgehead atoms. The van der Waals surface area contributed by atoms with Crippen molar-refractivity contribution in [2.24, 2.45) is 0 Å². The summed E-state index contributed by atoms with van der Waals surface area (Å²) in [6.45, 7) is 1.71. The van der Waals surface area contributed by atoms with Crippen LogP contribution in [0.4, 0.5) is 8.78 Å². The molecule has 0 saturated heterocycles. The van der Waals surface area contributed by atoms with Crippen LogP contribution in [0.25, 0.3) is 6.08 Å². The van der Waals surface area contributed by atoms with E-state index in [-0.39, 0.29) is 11.4 Å². The molecule has 0 heterocycles. The van der Waals surface area contributed by atoms with Gasteiger partial charge in [-0.25, -0.2) is 0 Å². The second-order valence-electron chi connectivity index (χ2n) is 3.91. The average molecular weight is 257 g/mol. The normalized spacial score (nSPS) is 11.8. The molecule has 0 N–H and O–H groups in total. The molecule has 6 heteroatoms. The number of nitrogens with zero attached hydrogens (tertiary/aromatic N) is 1. The highest BCUT2D eigenvalue weighted by atomic mass is 19.3. The molecule has 0 atom stereocenters. The minimum atomic E-state index is -2.88. The third-order valence-corrected chi connectivity index (χ3v) is 2.35. The zero-order valence-corrected chi connectivity index (χ0v) is 10.2. The van der Waals surface area contributed by atoms with Gasteiger partial charge in [0.15, 0.2) is 0 Å². The molecule has 0 radical (unpaired) electrons. The van der Waals surface area contributed by atoms with Crippen LogP contribution in [0.5, 0.6) is 5.75 Å². The van der Waals surface area contributed by atoms with Crippen LogP contribution in [0.3, 0.4) is 0 Å². The number of aryl methyl sites for hydroxylation is 2. The van der Waals surface area contributed by atoms with Gasteiger partial charge in [0.2, 0.25) is 5.70 Å². The van der Waals surface area contributed by atoms with Gasteiger partial charge in [-0.2, -0.15) is 8.78 Å². The summed E-state index contributed by atoms with van der Waals surface area (Å²) in [5.41, 5.74) is 1.59. The van der Waals surface area contributed by atoms with Crippen LogP contribution in [-0.2, 0) is 0 Å². The molecular weight excluding hydrogens is 244 g/mol. The van der Waals surface area contributed by atoms with E-state index in [1.807, 2.05) is 0 Å². The predicted molar refractivity (Wildman–Crippen MR) is 63.2 cm³/mol. The summed E-state index contributed by atoms with van der Waals surface area (Å²) in [6.07, 6.45) is 1.38. The van der Waals surface area contributed by atoms with E-state index in [9.17, 15) is 18.9 Å². The Hall–Kier alpha value is -1.98. The van der Waals surface area contributed by atoms with E-state index in [1.165, 1.54) is 13.0 Å². The minimum Gasteiger partial charge on any atom is -0.434 e. The molecule has 0 amide bonds. The Balaban J connectivity index is 3.14. The molecule has 0 aromatic heterocycles. The first-order valence-electron chi connectivity index (χ1n) is 5.20. The summed E-state index contributed by atoms with van der Waals surface area (Å²) < 4.78 is 28.7. The fourth-order valence-corrected chi connectivity index (χ4v) is 1.64. The number of alkyl halides is 2. The smallest absolute Gasteiger partial charge is 0.387 e. The Morgan fingerprint density at radius 2 is 1.89 bits per heavy atom. The minimum absolute atomic E-state index is 0.0173. The Labute approximate surface area is 103 Å². The first-order valence-corrected chi connectivity index (χ1v) is 5.20. The third kappa shape index (κ3) is 3.51. The number of hydrogen-bond acceptors (Lipinski definition) is 3. The second kappa shape index (κ2) is 5.57. The summed E-state index contributed by atoms with van der Waals surface area (Å²) >= 11 is 0. The van der Waals surface area contributed by atoms with Crippen molar-refractivity contribution in [3.63, 3.8) is 0 Å². The Bertz CT molecular complexity index is 475. The van der Waals surface area contributed by atoms with E-state index < -0.39 is 11.5 Å². The summed E-state index contributed by atoms with van der Waals surface area (Å²) in [5.74, 6) is 0.112. The summed E-state index contributed by atoms with van der Waals surface area (Å²) in [6, 6.07) is 3.13. The molecule has 0 aliphatic carbocycles. The van der Waals surface area contributed by atoms with Gasteiger partial charge >= 0.3 is 6.61 Å². The van der Waals surface area contributed by atoms with E-state index in [0.29, 0.717) is 16.7 Å². The van der Waals surface area contributed by atoms with Crippen molar-refractivity contribution in [3.8, 4) is 5.75 Å². The summed E-state index contributed by atoms with van der Waals surface area (Å²) in [4.78, 5) is 9.99. The van der Waals surface area contributed by atoms with Gasteiger partial charge in [0, 0.05) is 13.0 Å². The number of rotatable bonds is 4. The quantitative estimate of drug-likeness (QED) is 0.612. The van der Waals surface area contributed by atoms with Gasteiger partial charge in [0.25, 0.3) is 0 Å². The number of nitro groups is 1. The molecule has 98 valence electrons. The lowest BCUT2D eigenvalue weighted by molar-refractivity contribution is -0.422. The molecule has 1 rings (SSSR count). The molecule has 18 heavy (non-hydrogen) atoms. The van der Waals surface area contributed by atoms with E-state index in [4.69, 9.17) is 0 Å². The Morgan fingerprint density at radius 1 is 1.39 bits per heavy atom. The monoisotopic (exact) mass is 257 g/mol. The average Bonchev–Trinajstić information content (AvgIpc) is 2.23. The van der Waals surface area contributed by atoms with E-state index in [1.54, 1.807) is 26.0 Å². The van der Waals surface area contributed by atoms with Crippen LogP contribution in [-0.4, -0.2) is 11.5 Å². The van der Waals surface area contributed by atoms with Gasteiger partial charge in [-0.15, -0.1) is 0 Å². The van der Waals surface area contributed by atoms with Gasteiger partial charge in [-0.1, -0.05) is 0 Å². The second-order valence-corrected chi connectivity index (χ2v) is 3.91. The number of halogens is 2. The molecule has 0 aliphatic rings. The van der Waals surface area contributed by atoms with Crippen molar-refractivity contribution < 1.29 is 18.4 Å². The fourth-order valence-electron chi connectivity index (χ4n) is 1.64. The van der Waals surface area contributed by atoms with Crippen molar-refractivity contribution >= 4 is 6.08 Å². The van der Waals surface area contributed by atoms with E-state index in [2.05, 4.69) is 4.74 Å². The maximum Gasteiger partial charge on any atom is 0.387 e. The van der Waals surface area contributed by atoms with Gasteiger partial charge in [0.1, 0.15) is 5.75 Å². The summed E-state index contributed by atoms with van der Waals surface area (Å²) in [7, 11) is 0. The molecular formula is C12H13F2NO3. The van der Waals surface area contributed by atoms with Crippen molar-refractivity contribution in [1.82, 2.24) is 0 Å². The standard InChI is InChI=1S/C12H13F2NO3/c1-7-4-10(6-9(3)15(16)17)5-8(2)11(7)18-12(13)14/h4-6,12H,1-3H3/b9-6+. The third-order valence-electron chi connectivity index (χ3n) is 2.35. The van der Waals surface area contributed by atoms with Crippen LogP contribution in [0.1, 0.15) is 23.6 Å². The zero-order chi connectivity index (χ0) is 13.9. The Kier molecular flexibility index (Phi) is 4.36. The lowest BCUT2D eigenvalue weighted by atomic mass is 10.0. The van der Waals surface area contributed by atoms with Gasteiger partial charge in [0.05, 0.1) is 4.92 Å². The first kappa shape index (κ1) is 14.1. The molecule has 1 aromatic carbocycles. The highest BCUT2D eigenvalue weighted by molar-refractivity contribution is 5.57. The molecule has 0 spiro atoms. The van der Waals surface area contributed by atoms with Gasteiger partial charge < -0.3 is 4.74 Å². The van der Waals surface area contributed by atoms with Crippen LogP contribution < -0.4 is 4.74 Å². The number of hydrogen-bond donors (Lipinski definition) is 0. The van der Waals surface area contributed by atoms with Crippen molar-refractivity contribution in [3.05, 3.63) is 44.6 Å². The van der Waals surface area contributed by atoms with Crippen LogP contribution in [0, 0.1) is 24.0 Å². The molecule has 4 nitrogen and oxygen atoms in total. The first-order chi connectivity index (χ1) is 8.31. The fraction of sp³-hybridized carbons (Fsp3) is 0.333. The lowest BCUT2D eigenvalue weighted by Gasteiger charge is -2.11. The topological polar surface area (TPSA) is 52.4 Å². The van der Waals surface area contributed by atoms with Crippen molar-refractivity contribution in [2.45, 2.75) is 27.4 Å². The Morgan fingerprint density at radius 3 is 2.28 bits per heavy atom. The molecule has 0 saturated carbocycles. The largest absolute Gasteiger partial charge is 0.434 e. The van der Waals surface area contributed by atoms with Gasteiger partial charge in [-0.3, -0.25) is 10.1 Å². The van der Waals surface area contributed by atoms with E-state index >= 15 is 0 Å². The van der Waals surface area contributed by atoms with Gasteiger partial charge in [-0.05, 0) is 42.7 Å². The predicted octanol–water partition coefficient (Wildman–Crippen LogP) is 3.54. The number of benzene rings is 1. The van der Waals surface area contributed by atoms with Crippen molar-refractivity contribution in [1.29, 1.82) is 0 Å². The molecule has 0 unspecified atom stereocenters. The zero-order valence-electron chi connectivity index (χ0n) is 10.2. The van der Waals surface area contributed by atoms with Crippen LogP contribution in [0.15, 0.2) is 17.8 Å². The highest BCUT2D eigenvalue weighted by Gasteiger charge is 2.12. The summed E-state index contributed by atoms with van der Waals surface area (Å²) in [5, 5.41) is 10.5. The maximum atomic E-state index is 12.2. The van der Waals surface area contributed by atoms with Crippen LogP contribution >= 0.6 is 0 Å². The number of ether oxygens (including phenoxy) is 1. The van der Waals surface area contributed by atoms with E-state index in [0.717, 1.165) is 0 Å². The maximum absolute atomic E-state index is 12.2. The SMILES string of the molecule is C/C(=C\c1cc(C)c(OC(F)F)c(C)c1)[N+](=O)[O-]. The van der Waals surface area contributed by atoms with Crippen molar-refractivity contribution in [2.75, 3.05) is 0 Å². The molecule has 0 aliphatic heterocycles. The highest BCUT2D eigenvalue weighted by Crippen LogP contribution is 2.27. The molecule has 0 fully saturated rings. The van der Waals surface area contributed by atoms with Crippen LogP contribution in [0.2, 0.25) is 0 Å². The lowest BCUT2D eigenvalue weighted by Crippen LogP contribution is -2.05. The molecule has 1 aromatic rings.